The topological polar surface area (TPSA) is 141 Å². The summed E-state index contributed by atoms with van der Waals surface area (Å²) in [6.07, 6.45) is 0.0295. The van der Waals surface area contributed by atoms with Gasteiger partial charge in [-0.15, -0.1) is 0 Å². The first-order chi connectivity index (χ1) is 32.8. The van der Waals surface area contributed by atoms with Crippen LogP contribution >= 0.6 is 0 Å². The highest BCUT2D eigenvalue weighted by Gasteiger charge is 2.58. The second-order valence-corrected chi connectivity index (χ2v) is 17.6. The van der Waals surface area contributed by atoms with E-state index in [1.807, 2.05) is 140 Å². The number of aliphatic hydroxyl groups excluding tert-OH is 1. The molecule has 13 nitrogen and oxygen atoms in total. The minimum atomic E-state index is -1.48. The van der Waals surface area contributed by atoms with E-state index in [0.717, 1.165) is 33.6 Å². The lowest BCUT2D eigenvalue weighted by molar-refractivity contribution is -0.976. The number of benzene rings is 4. The van der Waals surface area contributed by atoms with E-state index in [9.17, 15) is 15.3 Å². The minimum absolute atomic E-state index is 0.182. The number of ether oxygens (including phenoxy) is 7. The Morgan fingerprint density at radius 3 is 1.54 bits per heavy atom. The van der Waals surface area contributed by atoms with Crippen molar-refractivity contribution in [1.29, 1.82) is 0 Å². The summed E-state index contributed by atoms with van der Waals surface area (Å²) in [5.41, 5.74) is 1.87. The molecule has 2 aliphatic rings. The third-order valence-corrected chi connectivity index (χ3v) is 13.2. The highest BCUT2D eigenvalue weighted by molar-refractivity contribution is 5.40. The van der Waals surface area contributed by atoms with Crippen LogP contribution in [-0.4, -0.2) is 154 Å². The van der Waals surface area contributed by atoms with Crippen LogP contribution in [0, 0.1) is 0 Å². The summed E-state index contributed by atoms with van der Waals surface area (Å²) in [6.45, 7) is 6.43. The maximum Gasteiger partial charge on any atom is 0.183 e. The molecule has 3 heterocycles. The highest BCUT2D eigenvalue weighted by atomic mass is 16.6. The van der Waals surface area contributed by atoms with Crippen LogP contribution in [0.15, 0.2) is 140 Å². The van der Waals surface area contributed by atoms with Gasteiger partial charge in [-0.3, -0.25) is 14.4 Å². The Labute approximate surface area is 396 Å². The molecule has 5 aromatic rings. The van der Waals surface area contributed by atoms with Crippen molar-refractivity contribution in [3.8, 4) is 0 Å². The highest BCUT2D eigenvalue weighted by Crippen LogP contribution is 2.46. The van der Waals surface area contributed by atoms with Crippen LogP contribution in [0.1, 0.15) is 46.5 Å². The molecule has 7 rings (SSSR count). The van der Waals surface area contributed by atoms with Crippen LogP contribution < -0.4 is 0 Å². The van der Waals surface area contributed by atoms with Crippen LogP contribution in [0.25, 0.3) is 0 Å². The lowest BCUT2D eigenvalue weighted by Crippen LogP contribution is -2.61. The Morgan fingerprint density at radius 2 is 1.01 bits per heavy atom. The van der Waals surface area contributed by atoms with Crippen molar-refractivity contribution in [3.05, 3.63) is 173 Å². The largest absolute Gasteiger partial charge is 0.387 e. The molecule has 13 heteroatoms. The van der Waals surface area contributed by atoms with E-state index in [2.05, 4.69) is 4.90 Å². The van der Waals surface area contributed by atoms with E-state index >= 15 is 0 Å². The maximum atomic E-state index is 13.3. The Hall–Kier alpha value is -4.45. The Kier molecular flexibility index (Phi) is 19.0. The second kappa shape index (κ2) is 25.2. The van der Waals surface area contributed by atoms with Crippen molar-refractivity contribution in [2.45, 2.75) is 61.4 Å². The van der Waals surface area contributed by atoms with Crippen LogP contribution in [0.2, 0.25) is 0 Å². The van der Waals surface area contributed by atoms with E-state index in [4.69, 9.17) is 38.1 Å². The average Bonchev–Trinajstić information content (AvgIpc) is 3.93. The molecule has 2 saturated heterocycles. The van der Waals surface area contributed by atoms with Crippen LogP contribution in [0.5, 0.6) is 0 Å². The molecular formula is C54H70N3O10+. The van der Waals surface area contributed by atoms with Gasteiger partial charge in [0.1, 0.15) is 30.8 Å². The van der Waals surface area contributed by atoms with Gasteiger partial charge in [0.15, 0.2) is 12.3 Å². The molecule has 5 atom stereocenters. The monoisotopic (exact) mass is 921 g/mol. The summed E-state index contributed by atoms with van der Waals surface area (Å²) in [5, 5.41) is 38.1. The third kappa shape index (κ3) is 12.8. The van der Waals surface area contributed by atoms with E-state index in [0.29, 0.717) is 105 Å². The van der Waals surface area contributed by atoms with Gasteiger partial charge in [-0.25, -0.2) is 0 Å². The molecule has 67 heavy (non-hydrogen) atoms. The molecule has 4 aromatic carbocycles. The zero-order valence-corrected chi connectivity index (χ0v) is 39.2. The number of aliphatic hydroxyl groups is 3. The fourth-order valence-corrected chi connectivity index (χ4v) is 10.1. The van der Waals surface area contributed by atoms with Gasteiger partial charge in [0, 0.05) is 39.8 Å². The van der Waals surface area contributed by atoms with E-state index < -0.39 is 23.3 Å². The lowest BCUT2D eigenvalue weighted by atomic mass is 9.78. The molecule has 0 radical (unpaired) electrons. The molecule has 0 saturated carbocycles. The van der Waals surface area contributed by atoms with Crippen LogP contribution in [0.4, 0.5) is 0 Å². The summed E-state index contributed by atoms with van der Waals surface area (Å²) < 4.78 is 40.5. The van der Waals surface area contributed by atoms with Crippen molar-refractivity contribution in [1.82, 2.24) is 9.88 Å². The second-order valence-electron chi connectivity index (χ2n) is 17.6. The smallest absolute Gasteiger partial charge is 0.183 e. The number of nitrogens with zero attached hydrogens (tertiary/aromatic N) is 3. The van der Waals surface area contributed by atoms with Gasteiger partial charge in [0.2, 0.25) is 0 Å². The average molecular weight is 921 g/mol. The number of pyridine rings is 1. The molecule has 4 unspecified atom stereocenters. The molecule has 360 valence electrons. The number of hydrogen-bond donors (Lipinski definition) is 3. The quantitative estimate of drug-likeness (QED) is 0.0420. The van der Waals surface area contributed by atoms with Crippen molar-refractivity contribution < 1.29 is 53.0 Å². The predicted octanol–water partition coefficient (Wildman–Crippen LogP) is 5.68. The Balaban J connectivity index is 1.17. The summed E-state index contributed by atoms with van der Waals surface area (Å²) in [5.74, 6) is 0. The standard InChI is InChI=1S/C54H70N3O10/c1-61-26-28-63-30-31-65-34-35-67-50-37-51(53(59,43-16-7-3-8-17-43)44-18-9-4-10-19-44)56(39-50)38-47-24-15-25-48(55-47)40-57(42-66-33-32-64-29-27-62-2)41-49(58)36-52(57)54(60,45-20-11-5-12-21-45)46-22-13-6-14-23-46/h3-25,49-52,58-60H,26-42H2,1-2H3/q+1/t49?,50?,51?,52-,57?/m1/s1. The van der Waals surface area contributed by atoms with Gasteiger partial charge >= 0.3 is 0 Å². The molecule has 0 bridgehead atoms. The van der Waals surface area contributed by atoms with Crippen molar-refractivity contribution >= 4 is 0 Å². The fourth-order valence-electron chi connectivity index (χ4n) is 10.1. The Morgan fingerprint density at radius 1 is 0.552 bits per heavy atom. The number of likely N-dealkylation sites (tertiary alicyclic amines) is 2. The molecule has 0 spiro atoms. The third-order valence-electron chi connectivity index (χ3n) is 13.2. The number of methoxy groups -OCH3 is 2. The normalized spacial score (nSPS) is 21.3. The van der Waals surface area contributed by atoms with Crippen molar-refractivity contribution in [2.24, 2.45) is 0 Å². The van der Waals surface area contributed by atoms with Gasteiger partial charge in [-0.2, -0.15) is 0 Å². The van der Waals surface area contributed by atoms with Gasteiger partial charge in [-0.05, 0) is 40.8 Å². The SMILES string of the molecule is COCCOCCOCCOC1CC(C(O)(c2ccccc2)c2ccccc2)N(Cc2cccc(C[N+]3(COCCOCCOC)CC(O)C[C@@H]3C(O)(c3ccccc3)c3ccccc3)n2)C1. The first-order valence-corrected chi connectivity index (χ1v) is 23.6. The molecule has 0 amide bonds. The van der Waals surface area contributed by atoms with Crippen molar-refractivity contribution in [2.75, 3.05) is 100 Å². The van der Waals surface area contributed by atoms with Gasteiger partial charge in [-0.1, -0.05) is 127 Å². The Bertz CT molecular complexity index is 2080. The van der Waals surface area contributed by atoms with E-state index in [-0.39, 0.29) is 23.4 Å². The molecule has 0 aliphatic carbocycles. The number of aromatic nitrogens is 1. The fraction of sp³-hybridized carbons (Fsp3) is 0.463. The van der Waals surface area contributed by atoms with Gasteiger partial charge in [0.05, 0.1) is 83.6 Å². The summed E-state index contributed by atoms with van der Waals surface area (Å²) >= 11 is 0. The minimum Gasteiger partial charge on any atom is -0.387 e. The molecule has 2 fully saturated rings. The van der Waals surface area contributed by atoms with Crippen LogP contribution in [0.3, 0.4) is 0 Å². The van der Waals surface area contributed by atoms with E-state index in [1.54, 1.807) is 14.2 Å². The maximum absolute atomic E-state index is 13.3. The predicted molar refractivity (Wildman–Crippen MR) is 255 cm³/mol. The number of hydrogen-bond acceptors (Lipinski definition) is 12. The van der Waals surface area contributed by atoms with Crippen molar-refractivity contribution in [3.63, 3.8) is 0 Å². The van der Waals surface area contributed by atoms with Gasteiger partial charge < -0.3 is 48.5 Å². The molecule has 3 N–H and O–H groups in total. The number of rotatable bonds is 28. The first-order valence-electron chi connectivity index (χ1n) is 23.6. The molecular weight excluding hydrogens is 851 g/mol. The summed E-state index contributed by atoms with van der Waals surface area (Å²) in [7, 11) is 3.29. The van der Waals surface area contributed by atoms with E-state index in [1.165, 1.54) is 0 Å². The summed E-state index contributed by atoms with van der Waals surface area (Å²) in [4.78, 5) is 7.64. The van der Waals surface area contributed by atoms with Gasteiger partial charge in [0.25, 0.3) is 0 Å². The lowest BCUT2D eigenvalue weighted by Gasteiger charge is -2.46. The zero-order chi connectivity index (χ0) is 46.8. The molecule has 1 aromatic heterocycles. The first kappa shape index (κ1) is 50.4. The van der Waals surface area contributed by atoms with Crippen LogP contribution in [-0.2, 0) is 57.4 Å². The number of quaternary nitrogens is 1. The molecule has 2 aliphatic heterocycles. The summed E-state index contributed by atoms with van der Waals surface area (Å²) in [6, 6.07) is 44.4. The zero-order valence-electron chi connectivity index (χ0n) is 39.2.